The number of nitrogens with zero attached hydrogens (tertiary/aromatic N) is 1. The second-order valence-corrected chi connectivity index (χ2v) is 5.97. The third-order valence-electron chi connectivity index (χ3n) is 4.67. The van der Waals surface area contributed by atoms with Crippen LogP contribution in [0.4, 0.5) is 0 Å². The highest BCUT2D eigenvalue weighted by Crippen LogP contribution is 2.35. The van der Waals surface area contributed by atoms with Crippen LogP contribution in [0.15, 0.2) is 0 Å². The number of nitrogens with one attached hydrogen (secondary N) is 1. The molecular formula is C14H28N2O2. The van der Waals surface area contributed by atoms with E-state index in [4.69, 9.17) is 4.74 Å². The van der Waals surface area contributed by atoms with Crippen molar-refractivity contribution in [3.63, 3.8) is 0 Å². The fraction of sp³-hybridized carbons (Fsp3) is 1.00. The Kier molecular flexibility index (Phi) is 5.01. The molecule has 1 heterocycles. The van der Waals surface area contributed by atoms with Gasteiger partial charge in [-0.2, -0.15) is 0 Å². The smallest absolute Gasteiger partial charge is 0.0613 e. The lowest BCUT2D eigenvalue weighted by molar-refractivity contribution is 0.137. The maximum absolute atomic E-state index is 9.64. The van der Waals surface area contributed by atoms with Crippen molar-refractivity contribution in [2.45, 2.75) is 44.2 Å². The lowest BCUT2D eigenvalue weighted by Crippen LogP contribution is -2.47. The number of ether oxygens (including phenoxy) is 1. The maximum atomic E-state index is 9.64. The molecule has 2 rings (SSSR count). The number of likely N-dealkylation sites (N-methyl/N-ethyl adjacent to an activating group) is 1. The number of likely N-dealkylation sites (tertiary alicyclic amines) is 1. The zero-order chi connectivity index (χ0) is 13.0. The van der Waals surface area contributed by atoms with E-state index < -0.39 is 0 Å². The summed E-state index contributed by atoms with van der Waals surface area (Å²) in [5, 5.41) is 13.1. The van der Waals surface area contributed by atoms with E-state index in [0.717, 1.165) is 26.0 Å². The Morgan fingerprint density at radius 1 is 1.44 bits per heavy atom. The molecule has 2 aliphatic rings. The molecule has 0 aromatic carbocycles. The summed E-state index contributed by atoms with van der Waals surface area (Å²) in [6.07, 6.45) is 4.68. The van der Waals surface area contributed by atoms with Gasteiger partial charge in [0.1, 0.15) is 0 Å². The van der Waals surface area contributed by atoms with E-state index in [1.54, 1.807) is 7.11 Å². The van der Waals surface area contributed by atoms with Gasteiger partial charge in [-0.3, -0.25) is 4.90 Å². The van der Waals surface area contributed by atoms with Gasteiger partial charge in [0.25, 0.3) is 0 Å². The summed E-state index contributed by atoms with van der Waals surface area (Å²) in [4.78, 5) is 2.61. The molecule has 4 nitrogen and oxygen atoms in total. The zero-order valence-corrected chi connectivity index (χ0v) is 11.8. The molecule has 1 saturated carbocycles. The SMILES string of the molecule is CCNC1(CO)CCC(N2CCC(COC)C2)C1. The number of methoxy groups -OCH3 is 1. The molecule has 3 atom stereocenters. The van der Waals surface area contributed by atoms with E-state index in [2.05, 4.69) is 17.1 Å². The number of rotatable bonds is 6. The van der Waals surface area contributed by atoms with Crippen LogP contribution in [0.1, 0.15) is 32.6 Å². The standard InChI is InChI=1S/C14H28N2O2/c1-3-15-14(11-17)6-4-13(8-14)16-7-5-12(9-16)10-18-2/h12-13,15,17H,3-11H2,1-2H3. The molecule has 106 valence electrons. The van der Waals surface area contributed by atoms with Gasteiger partial charge < -0.3 is 15.2 Å². The minimum Gasteiger partial charge on any atom is -0.394 e. The molecule has 0 bridgehead atoms. The third kappa shape index (κ3) is 3.05. The molecule has 2 N–H and O–H groups in total. The van der Waals surface area contributed by atoms with Gasteiger partial charge in [0.2, 0.25) is 0 Å². The molecule has 0 aromatic rings. The van der Waals surface area contributed by atoms with Crippen molar-refractivity contribution < 1.29 is 9.84 Å². The van der Waals surface area contributed by atoms with Crippen molar-refractivity contribution in [1.29, 1.82) is 0 Å². The van der Waals surface area contributed by atoms with Crippen LogP contribution in [0.5, 0.6) is 0 Å². The lowest BCUT2D eigenvalue weighted by Gasteiger charge is -2.30. The molecule has 4 heteroatoms. The Balaban J connectivity index is 1.85. The number of hydrogen-bond acceptors (Lipinski definition) is 4. The van der Waals surface area contributed by atoms with Crippen LogP contribution in [0.2, 0.25) is 0 Å². The quantitative estimate of drug-likeness (QED) is 0.739. The first-order chi connectivity index (χ1) is 8.73. The molecule has 0 aromatic heterocycles. The van der Waals surface area contributed by atoms with Gasteiger partial charge in [0, 0.05) is 25.2 Å². The Morgan fingerprint density at radius 2 is 2.28 bits per heavy atom. The molecule has 3 unspecified atom stereocenters. The summed E-state index contributed by atoms with van der Waals surface area (Å²) in [7, 11) is 1.79. The Morgan fingerprint density at radius 3 is 2.94 bits per heavy atom. The predicted molar refractivity (Wildman–Crippen MR) is 72.7 cm³/mol. The first kappa shape index (κ1) is 14.3. The fourth-order valence-corrected chi connectivity index (χ4v) is 3.71. The molecule has 0 amide bonds. The summed E-state index contributed by atoms with van der Waals surface area (Å²) in [6, 6.07) is 0.651. The summed E-state index contributed by atoms with van der Waals surface area (Å²) in [6.45, 7) is 6.60. The van der Waals surface area contributed by atoms with Crippen molar-refractivity contribution in [2.75, 3.05) is 40.0 Å². The van der Waals surface area contributed by atoms with Crippen LogP contribution in [-0.2, 0) is 4.74 Å². The average Bonchev–Trinajstić information content (AvgIpc) is 2.98. The normalized spacial score (nSPS) is 37.5. The van der Waals surface area contributed by atoms with Crippen molar-refractivity contribution in [3.05, 3.63) is 0 Å². The Bertz CT molecular complexity index is 262. The molecule has 2 fully saturated rings. The topological polar surface area (TPSA) is 44.7 Å². The van der Waals surface area contributed by atoms with Crippen molar-refractivity contribution in [2.24, 2.45) is 5.92 Å². The van der Waals surface area contributed by atoms with Crippen LogP contribution in [0.3, 0.4) is 0 Å². The van der Waals surface area contributed by atoms with E-state index in [9.17, 15) is 5.11 Å². The first-order valence-corrected chi connectivity index (χ1v) is 7.32. The molecule has 1 aliphatic heterocycles. The van der Waals surface area contributed by atoms with Crippen LogP contribution in [0, 0.1) is 5.92 Å². The van der Waals surface area contributed by atoms with Gasteiger partial charge in [-0.25, -0.2) is 0 Å². The van der Waals surface area contributed by atoms with Gasteiger partial charge in [-0.15, -0.1) is 0 Å². The van der Waals surface area contributed by atoms with Crippen molar-refractivity contribution >= 4 is 0 Å². The molecule has 1 aliphatic carbocycles. The molecule has 18 heavy (non-hydrogen) atoms. The largest absolute Gasteiger partial charge is 0.394 e. The van der Waals surface area contributed by atoms with E-state index in [-0.39, 0.29) is 12.1 Å². The van der Waals surface area contributed by atoms with E-state index in [1.165, 1.54) is 25.9 Å². The van der Waals surface area contributed by atoms with Crippen LogP contribution in [0.25, 0.3) is 0 Å². The summed E-state index contributed by atoms with van der Waals surface area (Å²) < 4.78 is 5.26. The minimum atomic E-state index is -0.0151. The highest BCUT2D eigenvalue weighted by molar-refractivity contribution is 5.00. The zero-order valence-electron chi connectivity index (χ0n) is 11.8. The van der Waals surface area contributed by atoms with E-state index in [1.807, 2.05) is 0 Å². The average molecular weight is 256 g/mol. The van der Waals surface area contributed by atoms with Gasteiger partial charge in [-0.1, -0.05) is 6.92 Å². The fourth-order valence-electron chi connectivity index (χ4n) is 3.71. The highest BCUT2D eigenvalue weighted by Gasteiger charge is 2.41. The minimum absolute atomic E-state index is 0.0151. The Labute approximate surface area is 111 Å². The molecule has 0 spiro atoms. The monoisotopic (exact) mass is 256 g/mol. The Hall–Kier alpha value is -0.160. The van der Waals surface area contributed by atoms with Crippen molar-refractivity contribution in [3.8, 4) is 0 Å². The molecule has 0 radical (unpaired) electrons. The van der Waals surface area contributed by atoms with Crippen LogP contribution < -0.4 is 5.32 Å². The van der Waals surface area contributed by atoms with Gasteiger partial charge in [0.05, 0.1) is 13.2 Å². The van der Waals surface area contributed by atoms with Crippen LogP contribution >= 0.6 is 0 Å². The summed E-state index contributed by atoms with van der Waals surface area (Å²) >= 11 is 0. The van der Waals surface area contributed by atoms with Crippen LogP contribution in [-0.4, -0.2) is 61.5 Å². The molecule has 1 saturated heterocycles. The van der Waals surface area contributed by atoms with Gasteiger partial charge in [0.15, 0.2) is 0 Å². The second kappa shape index (κ2) is 6.33. The molecular weight excluding hydrogens is 228 g/mol. The number of aliphatic hydroxyl groups excluding tert-OH is 1. The third-order valence-corrected chi connectivity index (χ3v) is 4.67. The highest BCUT2D eigenvalue weighted by atomic mass is 16.5. The maximum Gasteiger partial charge on any atom is 0.0613 e. The van der Waals surface area contributed by atoms with E-state index >= 15 is 0 Å². The second-order valence-electron chi connectivity index (χ2n) is 5.97. The van der Waals surface area contributed by atoms with Gasteiger partial charge >= 0.3 is 0 Å². The summed E-state index contributed by atoms with van der Waals surface area (Å²) in [5.74, 6) is 0.707. The van der Waals surface area contributed by atoms with Gasteiger partial charge in [-0.05, 0) is 44.7 Å². The number of hydrogen-bond donors (Lipinski definition) is 2. The van der Waals surface area contributed by atoms with Crippen molar-refractivity contribution in [1.82, 2.24) is 10.2 Å². The number of aliphatic hydroxyl groups is 1. The predicted octanol–water partition coefficient (Wildman–Crippen LogP) is 0.848. The summed E-state index contributed by atoms with van der Waals surface area (Å²) in [5.41, 5.74) is -0.0151. The first-order valence-electron chi connectivity index (χ1n) is 7.32. The lowest BCUT2D eigenvalue weighted by atomic mass is 9.98. The van der Waals surface area contributed by atoms with E-state index in [0.29, 0.717) is 12.0 Å².